The molecule has 0 aliphatic heterocycles. The van der Waals surface area contributed by atoms with E-state index in [-0.39, 0.29) is 6.61 Å². The van der Waals surface area contributed by atoms with E-state index in [4.69, 9.17) is 25.0 Å². The van der Waals surface area contributed by atoms with Crippen LogP contribution in [-0.4, -0.2) is 35.4 Å². The van der Waals surface area contributed by atoms with Gasteiger partial charge in [-0.1, -0.05) is 18.2 Å². The molecule has 0 saturated carbocycles. The number of hydrogen-bond donors (Lipinski definition) is 3. The third-order valence-electron chi connectivity index (χ3n) is 1.60. The van der Waals surface area contributed by atoms with Gasteiger partial charge >= 0.3 is 14.2 Å². The predicted octanol–water partition coefficient (Wildman–Crippen LogP) is 1.15. The first-order chi connectivity index (χ1) is 8.97. The van der Waals surface area contributed by atoms with Crippen molar-refractivity contribution in [3.63, 3.8) is 0 Å². The lowest BCUT2D eigenvalue weighted by molar-refractivity contribution is -0.145. The van der Waals surface area contributed by atoms with Crippen molar-refractivity contribution in [2.45, 2.75) is 13.0 Å². The molecule has 8 heteroatoms. The van der Waals surface area contributed by atoms with Gasteiger partial charge < -0.3 is 15.9 Å². The third kappa shape index (κ3) is 10.1. The summed E-state index contributed by atoms with van der Waals surface area (Å²) >= 11 is 0. The summed E-state index contributed by atoms with van der Waals surface area (Å²) in [5, 5.41) is 15.8. The molecule has 1 aromatic rings. The van der Waals surface area contributed by atoms with Gasteiger partial charge in [0.15, 0.2) is 5.75 Å². The molecule has 0 radical (unpaired) electrons. The Hall–Kier alpha value is -1.53. The van der Waals surface area contributed by atoms with Gasteiger partial charge in [0.05, 0.1) is 0 Å². The van der Waals surface area contributed by atoms with Crippen LogP contribution in [0.1, 0.15) is 6.92 Å². The molecular weight excluding hydrogens is 273 g/mol. The summed E-state index contributed by atoms with van der Waals surface area (Å²) in [7, 11) is -2.09. The van der Waals surface area contributed by atoms with Crippen molar-refractivity contribution in [2.75, 3.05) is 13.2 Å². The molecule has 0 saturated heterocycles. The highest BCUT2D eigenvalue weighted by Crippen LogP contribution is 2.26. The molecule has 2 unspecified atom stereocenters. The summed E-state index contributed by atoms with van der Waals surface area (Å²) in [5.74, 6) is -0.657. The molecule has 4 N–H and O–H groups in total. The minimum absolute atomic E-state index is 0.238. The Kier molecular flexibility index (Phi) is 9.56. The Labute approximate surface area is 111 Å². The molecule has 0 amide bonds. The lowest BCUT2D eigenvalue weighted by Crippen LogP contribution is -2.13. The Morgan fingerprint density at radius 3 is 2.37 bits per heavy atom. The van der Waals surface area contributed by atoms with Crippen LogP contribution in [0, 0.1) is 0 Å². The summed E-state index contributed by atoms with van der Waals surface area (Å²) in [6.45, 7) is 1.77. The molecule has 0 bridgehead atoms. The summed E-state index contributed by atoms with van der Waals surface area (Å²) in [6, 6.07) is 8.85. The SMILES string of the molecule is CC(O)C(=O)O.NCCO[P+](=O)Oc1ccccc1. The molecule has 7 nitrogen and oxygen atoms in total. The van der Waals surface area contributed by atoms with E-state index in [2.05, 4.69) is 0 Å². The molecule has 1 aromatic carbocycles. The number of aliphatic hydroxyl groups excluding tert-OH is 1. The highest BCUT2D eigenvalue weighted by Gasteiger charge is 2.20. The van der Waals surface area contributed by atoms with E-state index in [1.807, 2.05) is 6.07 Å². The second kappa shape index (κ2) is 10.4. The van der Waals surface area contributed by atoms with Crippen molar-refractivity contribution in [3.8, 4) is 5.75 Å². The smallest absolute Gasteiger partial charge is 0.479 e. The third-order valence-corrected chi connectivity index (χ3v) is 2.35. The Balaban J connectivity index is 0.000000459. The van der Waals surface area contributed by atoms with Gasteiger partial charge in [0.2, 0.25) is 0 Å². The number of aliphatic hydroxyl groups is 1. The minimum Gasteiger partial charge on any atom is -0.479 e. The van der Waals surface area contributed by atoms with Gasteiger partial charge in [-0.25, -0.2) is 9.32 Å². The van der Waals surface area contributed by atoms with Crippen molar-refractivity contribution < 1.29 is 28.6 Å². The zero-order chi connectivity index (χ0) is 14.7. The molecule has 0 aliphatic rings. The second-order valence-electron chi connectivity index (χ2n) is 3.26. The Morgan fingerprint density at radius 1 is 1.42 bits per heavy atom. The Bertz CT molecular complexity index is 384. The summed E-state index contributed by atoms with van der Waals surface area (Å²) in [4.78, 5) is 9.45. The van der Waals surface area contributed by atoms with Crippen LogP contribution in [-0.2, 0) is 13.9 Å². The van der Waals surface area contributed by atoms with Crippen LogP contribution in [0.4, 0.5) is 0 Å². The number of carbonyl (C=O) groups is 1. The fraction of sp³-hybridized carbons (Fsp3) is 0.364. The molecule has 106 valence electrons. The minimum atomic E-state index is -2.09. The van der Waals surface area contributed by atoms with Crippen molar-refractivity contribution in [2.24, 2.45) is 5.73 Å². The zero-order valence-electron chi connectivity index (χ0n) is 10.4. The van der Waals surface area contributed by atoms with E-state index in [1.54, 1.807) is 24.3 Å². The van der Waals surface area contributed by atoms with Crippen LogP contribution < -0.4 is 10.3 Å². The maximum absolute atomic E-state index is 11.0. The number of aliphatic carboxylic acids is 1. The van der Waals surface area contributed by atoms with Crippen molar-refractivity contribution in [1.29, 1.82) is 0 Å². The molecule has 2 atom stereocenters. The first kappa shape index (κ1) is 17.5. The van der Waals surface area contributed by atoms with Crippen LogP contribution in [0.5, 0.6) is 5.75 Å². The highest BCUT2D eigenvalue weighted by molar-refractivity contribution is 7.33. The van der Waals surface area contributed by atoms with Gasteiger partial charge in [-0.3, -0.25) is 0 Å². The number of benzene rings is 1. The number of para-hydroxylation sites is 1. The van der Waals surface area contributed by atoms with Gasteiger partial charge in [-0.15, -0.1) is 4.52 Å². The number of hydrogen-bond acceptors (Lipinski definition) is 6. The highest BCUT2D eigenvalue weighted by atomic mass is 31.1. The standard InChI is InChI=1S/C8H11NO3P.C3H6O3/c9-6-7-11-13(10)12-8-4-2-1-3-5-8;1-2(4)3(5)6/h1-5H,6-7,9H2;2,4H,1H3,(H,5,6)/q+1;. The van der Waals surface area contributed by atoms with Gasteiger partial charge in [-0.05, 0) is 19.1 Å². The summed E-state index contributed by atoms with van der Waals surface area (Å²) in [6.07, 6.45) is -1.23. The maximum Gasteiger partial charge on any atom is 0.750 e. The Morgan fingerprint density at radius 2 is 1.95 bits per heavy atom. The van der Waals surface area contributed by atoms with Crippen LogP contribution >= 0.6 is 8.25 Å². The molecule has 0 heterocycles. The monoisotopic (exact) mass is 290 g/mol. The number of nitrogens with two attached hydrogens (primary N) is 1. The molecule has 1 rings (SSSR count). The number of carboxylic acids is 1. The fourth-order valence-electron chi connectivity index (χ4n) is 0.721. The first-order valence-corrected chi connectivity index (χ1v) is 6.51. The van der Waals surface area contributed by atoms with Crippen molar-refractivity contribution in [1.82, 2.24) is 0 Å². The van der Waals surface area contributed by atoms with E-state index < -0.39 is 20.3 Å². The largest absolute Gasteiger partial charge is 0.750 e. The fourth-order valence-corrected chi connectivity index (χ4v) is 1.32. The summed E-state index contributed by atoms with van der Waals surface area (Å²) < 4.78 is 20.7. The van der Waals surface area contributed by atoms with Crippen molar-refractivity contribution in [3.05, 3.63) is 30.3 Å². The lowest BCUT2D eigenvalue weighted by Gasteiger charge is -1.90. The van der Waals surface area contributed by atoms with Crippen molar-refractivity contribution >= 4 is 14.2 Å². The first-order valence-electron chi connectivity index (χ1n) is 5.41. The maximum atomic E-state index is 11.0. The average molecular weight is 290 g/mol. The van der Waals surface area contributed by atoms with Crippen LogP contribution in [0.25, 0.3) is 0 Å². The molecule has 0 spiro atoms. The van der Waals surface area contributed by atoms with Crippen LogP contribution in [0.15, 0.2) is 30.3 Å². The molecular formula is C11H17NO6P+. The molecule has 0 aliphatic carbocycles. The average Bonchev–Trinajstić information content (AvgIpc) is 2.38. The second-order valence-corrected chi connectivity index (χ2v) is 4.15. The van der Waals surface area contributed by atoms with E-state index in [9.17, 15) is 9.36 Å². The topological polar surface area (TPSA) is 119 Å². The molecule has 0 aromatic heterocycles. The molecule has 0 fully saturated rings. The van der Waals surface area contributed by atoms with E-state index in [0.717, 1.165) is 0 Å². The van der Waals surface area contributed by atoms with Gasteiger partial charge in [0, 0.05) is 11.1 Å². The van der Waals surface area contributed by atoms with Crippen LogP contribution in [0.2, 0.25) is 0 Å². The number of carboxylic acid groups (broad SMARTS) is 1. The zero-order valence-corrected chi connectivity index (χ0v) is 11.3. The summed E-state index contributed by atoms with van der Waals surface area (Å²) in [5.41, 5.74) is 5.16. The van der Waals surface area contributed by atoms with Gasteiger partial charge in [0.1, 0.15) is 12.7 Å². The van der Waals surface area contributed by atoms with Crippen LogP contribution in [0.3, 0.4) is 0 Å². The van der Waals surface area contributed by atoms with Gasteiger partial charge in [0.25, 0.3) is 0 Å². The normalized spacial score (nSPS) is 11.8. The number of rotatable bonds is 6. The van der Waals surface area contributed by atoms with Gasteiger partial charge in [-0.2, -0.15) is 0 Å². The lowest BCUT2D eigenvalue weighted by atomic mass is 10.3. The van der Waals surface area contributed by atoms with E-state index in [1.165, 1.54) is 6.92 Å². The predicted molar refractivity (Wildman–Crippen MR) is 69.0 cm³/mol. The van der Waals surface area contributed by atoms with E-state index >= 15 is 0 Å². The quantitative estimate of drug-likeness (QED) is 0.672. The van der Waals surface area contributed by atoms with E-state index in [0.29, 0.717) is 12.3 Å². The molecule has 19 heavy (non-hydrogen) atoms.